The van der Waals surface area contributed by atoms with Crippen molar-refractivity contribution in [2.75, 3.05) is 7.11 Å². The van der Waals surface area contributed by atoms with E-state index in [4.69, 9.17) is 15.0 Å². The second kappa shape index (κ2) is 8.05. The van der Waals surface area contributed by atoms with Crippen LogP contribution in [0.15, 0.2) is 45.3 Å². The van der Waals surface area contributed by atoms with Crippen LogP contribution in [0.25, 0.3) is 10.2 Å². The molecule has 3 aromatic heterocycles. The number of carbonyl (C=O) groups is 1. The standard InChI is InChI=1S/C19H17N5O5S/c1-28-11-4-2-10(3-5-11)13(25)6-14-22-15(29-23-14)7-24-9-21-18-16(19(24)27)12(8-30-18)17(20)26/h2-5,8-9,13,25H,6-7H2,1H3,(H2,20,26)/t13-/m0/s1. The SMILES string of the molecule is COc1ccc([C@@H](O)Cc2noc(Cn3cnc4scc(C(N)=O)c4c3=O)n2)cc1. The number of benzene rings is 1. The fraction of sp³-hybridized carbons (Fsp3) is 0.211. The van der Waals surface area contributed by atoms with Gasteiger partial charge < -0.3 is 20.1 Å². The lowest BCUT2D eigenvalue weighted by molar-refractivity contribution is 0.100. The van der Waals surface area contributed by atoms with Crippen LogP contribution in [-0.4, -0.2) is 37.8 Å². The smallest absolute Gasteiger partial charge is 0.263 e. The Balaban J connectivity index is 1.52. The Labute approximate surface area is 173 Å². The summed E-state index contributed by atoms with van der Waals surface area (Å²) in [5.74, 6) is 0.467. The molecule has 0 unspecified atom stereocenters. The molecule has 0 bridgehead atoms. The maximum Gasteiger partial charge on any atom is 0.263 e. The number of nitrogens with two attached hydrogens (primary N) is 1. The first-order chi connectivity index (χ1) is 14.5. The van der Waals surface area contributed by atoms with E-state index in [9.17, 15) is 14.7 Å². The van der Waals surface area contributed by atoms with E-state index in [0.717, 1.165) is 0 Å². The summed E-state index contributed by atoms with van der Waals surface area (Å²) in [6.07, 6.45) is 0.659. The van der Waals surface area contributed by atoms with E-state index >= 15 is 0 Å². The van der Waals surface area contributed by atoms with Gasteiger partial charge in [-0.25, -0.2) is 4.98 Å². The Morgan fingerprint density at radius 3 is 2.83 bits per heavy atom. The van der Waals surface area contributed by atoms with Gasteiger partial charge in [-0.15, -0.1) is 11.3 Å². The number of aliphatic hydroxyl groups is 1. The van der Waals surface area contributed by atoms with Crippen molar-refractivity contribution in [3.8, 4) is 5.75 Å². The molecule has 1 atom stereocenters. The van der Waals surface area contributed by atoms with Crippen LogP contribution < -0.4 is 16.0 Å². The summed E-state index contributed by atoms with van der Waals surface area (Å²) in [4.78, 5) is 33.1. The van der Waals surface area contributed by atoms with Gasteiger partial charge in [0.2, 0.25) is 11.8 Å². The zero-order valence-corrected chi connectivity index (χ0v) is 16.6. The Kier molecular flexibility index (Phi) is 5.29. The molecule has 0 aliphatic carbocycles. The average molecular weight is 427 g/mol. The molecule has 30 heavy (non-hydrogen) atoms. The van der Waals surface area contributed by atoms with Gasteiger partial charge in [0.25, 0.3) is 5.56 Å². The second-order valence-electron chi connectivity index (χ2n) is 6.47. The monoisotopic (exact) mass is 427 g/mol. The molecule has 0 saturated carbocycles. The van der Waals surface area contributed by atoms with E-state index in [1.165, 1.54) is 27.6 Å². The molecule has 0 saturated heterocycles. The van der Waals surface area contributed by atoms with Crippen molar-refractivity contribution in [3.05, 3.63) is 69.2 Å². The summed E-state index contributed by atoms with van der Waals surface area (Å²) in [5, 5.41) is 15.9. The van der Waals surface area contributed by atoms with E-state index in [0.29, 0.717) is 22.0 Å². The third-order valence-corrected chi connectivity index (χ3v) is 5.40. The molecule has 11 heteroatoms. The summed E-state index contributed by atoms with van der Waals surface area (Å²) >= 11 is 1.17. The molecule has 4 rings (SSSR count). The number of amides is 1. The first-order valence-electron chi connectivity index (χ1n) is 8.86. The molecule has 3 heterocycles. The summed E-state index contributed by atoms with van der Waals surface area (Å²) in [6.45, 7) is -0.0263. The van der Waals surface area contributed by atoms with Gasteiger partial charge in [-0.3, -0.25) is 14.2 Å². The highest BCUT2D eigenvalue weighted by atomic mass is 32.1. The van der Waals surface area contributed by atoms with Gasteiger partial charge >= 0.3 is 0 Å². The molecule has 1 amide bonds. The molecule has 0 aliphatic rings. The molecule has 0 aliphatic heterocycles. The number of aromatic nitrogens is 4. The van der Waals surface area contributed by atoms with Gasteiger partial charge in [0.1, 0.15) is 17.1 Å². The van der Waals surface area contributed by atoms with Crippen molar-refractivity contribution in [1.29, 1.82) is 0 Å². The number of primary amides is 1. The van der Waals surface area contributed by atoms with Crippen LogP contribution in [0.1, 0.15) is 33.7 Å². The maximum atomic E-state index is 12.7. The Bertz CT molecular complexity index is 1260. The Morgan fingerprint density at radius 2 is 2.13 bits per heavy atom. The molecular weight excluding hydrogens is 410 g/mol. The van der Waals surface area contributed by atoms with E-state index < -0.39 is 17.6 Å². The van der Waals surface area contributed by atoms with Crippen LogP contribution in [0.5, 0.6) is 5.75 Å². The van der Waals surface area contributed by atoms with Crippen LogP contribution >= 0.6 is 11.3 Å². The Morgan fingerprint density at radius 1 is 1.37 bits per heavy atom. The summed E-state index contributed by atoms with van der Waals surface area (Å²) in [7, 11) is 1.57. The predicted octanol–water partition coefficient (Wildman–Crippen LogP) is 1.27. The minimum atomic E-state index is -0.828. The molecule has 154 valence electrons. The quantitative estimate of drug-likeness (QED) is 0.448. The van der Waals surface area contributed by atoms with Crippen LogP contribution in [0, 0.1) is 0 Å². The number of carbonyl (C=O) groups excluding carboxylic acids is 1. The number of nitrogens with zero attached hydrogens (tertiary/aromatic N) is 4. The van der Waals surface area contributed by atoms with Gasteiger partial charge in [-0.1, -0.05) is 17.3 Å². The molecule has 10 nitrogen and oxygen atoms in total. The van der Waals surface area contributed by atoms with E-state index in [1.54, 1.807) is 31.4 Å². The highest BCUT2D eigenvalue weighted by Gasteiger charge is 2.18. The van der Waals surface area contributed by atoms with Crippen LogP contribution in [-0.2, 0) is 13.0 Å². The van der Waals surface area contributed by atoms with Crippen molar-refractivity contribution >= 4 is 27.5 Å². The summed E-state index contributed by atoms with van der Waals surface area (Å²) < 4.78 is 11.6. The lowest BCUT2D eigenvalue weighted by Gasteiger charge is -2.09. The van der Waals surface area contributed by atoms with E-state index in [-0.39, 0.29) is 29.8 Å². The van der Waals surface area contributed by atoms with Gasteiger partial charge in [0, 0.05) is 11.8 Å². The van der Waals surface area contributed by atoms with Gasteiger partial charge in [0.05, 0.1) is 30.5 Å². The van der Waals surface area contributed by atoms with Crippen LogP contribution in [0.3, 0.4) is 0 Å². The van der Waals surface area contributed by atoms with Crippen LogP contribution in [0.4, 0.5) is 0 Å². The number of hydrogen-bond acceptors (Lipinski definition) is 9. The Hall–Kier alpha value is -3.57. The predicted molar refractivity (Wildman–Crippen MR) is 107 cm³/mol. The largest absolute Gasteiger partial charge is 0.497 e. The molecule has 4 aromatic rings. The van der Waals surface area contributed by atoms with Gasteiger partial charge in [-0.2, -0.15) is 4.98 Å². The maximum absolute atomic E-state index is 12.7. The minimum Gasteiger partial charge on any atom is -0.497 e. The highest BCUT2D eigenvalue weighted by Crippen LogP contribution is 2.21. The first kappa shape index (κ1) is 19.7. The first-order valence-corrected chi connectivity index (χ1v) is 9.74. The summed E-state index contributed by atoms with van der Waals surface area (Å²) in [6, 6.07) is 7.01. The molecule has 0 radical (unpaired) electrons. The van der Waals surface area contributed by atoms with Crippen molar-refractivity contribution in [1.82, 2.24) is 19.7 Å². The zero-order chi connectivity index (χ0) is 21.3. The molecule has 3 N–H and O–H groups in total. The number of aliphatic hydroxyl groups excluding tert-OH is 1. The molecular formula is C19H17N5O5S. The minimum absolute atomic E-state index is 0.0263. The van der Waals surface area contributed by atoms with Crippen molar-refractivity contribution in [2.24, 2.45) is 5.73 Å². The third-order valence-electron chi connectivity index (χ3n) is 4.52. The molecule has 1 aromatic carbocycles. The number of hydrogen-bond donors (Lipinski definition) is 2. The number of thiophene rings is 1. The second-order valence-corrected chi connectivity index (χ2v) is 7.33. The molecule has 0 fully saturated rings. The fourth-order valence-corrected chi connectivity index (χ4v) is 3.85. The summed E-state index contributed by atoms with van der Waals surface area (Å²) in [5.41, 5.74) is 5.73. The third kappa shape index (κ3) is 3.80. The number of fused-ring (bicyclic) bond motifs is 1. The number of rotatable bonds is 7. The average Bonchev–Trinajstić information content (AvgIpc) is 3.37. The normalized spacial score (nSPS) is 12.2. The van der Waals surface area contributed by atoms with Crippen molar-refractivity contribution < 1.29 is 19.2 Å². The fourth-order valence-electron chi connectivity index (χ4n) is 2.96. The van der Waals surface area contributed by atoms with Gasteiger partial charge in [-0.05, 0) is 17.7 Å². The van der Waals surface area contributed by atoms with Crippen molar-refractivity contribution in [2.45, 2.75) is 19.1 Å². The highest BCUT2D eigenvalue weighted by molar-refractivity contribution is 7.17. The topological polar surface area (TPSA) is 146 Å². The number of ether oxygens (including phenoxy) is 1. The van der Waals surface area contributed by atoms with Crippen LogP contribution in [0.2, 0.25) is 0 Å². The van der Waals surface area contributed by atoms with Gasteiger partial charge in [0.15, 0.2) is 5.82 Å². The van der Waals surface area contributed by atoms with E-state index in [2.05, 4.69) is 15.1 Å². The number of methoxy groups -OCH3 is 1. The lowest BCUT2D eigenvalue weighted by atomic mass is 10.1. The lowest BCUT2D eigenvalue weighted by Crippen LogP contribution is -2.23. The van der Waals surface area contributed by atoms with Crippen molar-refractivity contribution in [3.63, 3.8) is 0 Å². The zero-order valence-electron chi connectivity index (χ0n) is 15.8. The van der Waals surface area contributed by atoms with E-state index in [1.807, 2.05) is 0 Å². The molecule has 0 spiro atoms.